The second-order valence-corrected chi connectivity index (χ2v) is 6.21. The van der Waals surface area contributed by atoms with Crippen LogP contribution >= 0.6 is 15.9 Å². The molecule has 0 aliphatic rings. The Morgan fingerprint density at radius 1 is 1.08 bits per heavy atom. The van der Waals surface area contributed by atoms with Crippen molar-refractivity contribution >= 4 is 33.3 Å². The Hall–Kier alpha value is -2.73. The maximum atomic E-state index is 12.7. The molecule has 0 spiro atoms. The monoisotopic (exact) mass is 397 g/mol. The van der Waals surface area contributed by atoms with Crippen molar-refractivity contribution in [3.05, 3.63) is 82.1 Å². The fraction of sp³-hybridized carbons (Fsp3) is 0.105. The number of amides is 1. The molecule has 0 unspecified atom stereocenters. The quantitative estimate of drug-likeness (QED) is 0.657. The third-order valence-corrected chi connectivity index (χ3v) is 4.35. The van der Waals surface area contributed by atoms with Gasteiger partial charge in [-0.3, -0.25) is 14.3 Å². The van der Waals surface area contributed by atoms with Gasteiger partial charge >= 0.3 is 0 Å². The summed E-state index contributed by atoms with van der Waals surface area (Å²) in [6, 6.07) is 16.0. The van der Waals surface area contributed by atoms with Gasteiger partial charge in [-0.2, -0.15) is 5.10 Å². The summed E-state index contributed by atoms with van der Waals surface area (Å²) in [6.45, 7) is 2.47. The molecule has 0 atom stereocenters. The Labute approximate surface area is 153 Å². The van der Waals surface area contributed by atoms with E-state index < -0.39 is 0 Å². The number of rotatable bonds is 5. The molecule has 0 radical (unpaired) electrons. The molecule has 3 aromatic rings. The molecule has 3 rings (SSSR count). The summed E-state index contributed by atoms with van der Waals surface area (Å²) < 4.78 is 2.21. The number of para-hydroxylation sites is 1. The Morgan fingerprint density at radius 2 is 1.76 bits per heavy atom. The fourth-order valence-corrected chi connectivity index (χ4v) is 3.02. The Balaban J connectivity index is 1.93. The van der Waals surface area contributed by atoms with Crippen molar-refractivity contribution in [3.63, 3.8) is 0 Å². The van der Waals surface area contributed by atoms with Gasteiger partial charge in [0.25, 0.3) is 5.91 Å². The number of nitrogens with zero attached hydrogens (tertiary/aromatic N) is 2. The molecule has 0 saturated carbocycles. The molecule has 1 aromatic heterocycles. The number of ketones is 1. The number of benzene rings is 2. The van der Waals surface area contributed by atoms with Gasteiger partial charge in [-0.25, -0.2) is 0 Å². The standard InChI is InChI=1S/C19H16BrN3O2/c1-2-23-17(15(20)12-21-23)19(25)22-16-11-7-6-10-14(16)18(24)13-8-4-3-5-9-13/h3-12H,2H2,1H3,(H,22,25). The van der Waals surface area contributed by atoms with Gasteiger partial charge in [-0.05, 0) is 35.0 Å². The van der Waals surface area contributed by atoms with Crippen LogP contribution in [0, 0.1) is 0 Å². The minimum Gasteiger partial charge on any atom is -0.320 e. The summed E-state index contributed by atoms with van der Waals surface area (Å²) in [5, 5.41) is 6.97. The fourth-order valence-electron chi connectivity index (χ4n) is 2.54. The summed E-state index contributed by atoms with van der Waals surface area (Å²) in [4.78, 5) is 25.4. The van der Waals surface area contributed by atoms with Crippen LogP contribution in [0.25, 0.3) is 0 Å². The van der Waals surface area contributed by atoms with Gasteiger partial charge in [0, 0.05) is 17.7 Å². The minimum atomic E-state index is -0.320. The third kappa shape index (κ3) is 3.53. The summed E-state index contributed by atoms with van der Waals surface area (Å²) in [5.41, 5.74) is 1.91. The first-order chi connectivity index (χ1) is 12.1. The molecular weight excluding hydrogens is 382 g/mol. The smallest absolute Gasteiger partial charge is 0.275 e. The van der Waals surface area contributed by atoms with E-state index in [1.54, 1.807) is 47.3 Å². The maximum Gasteiger partial charge on any atom is 0.275 e. The van der Waals surface area contributed by atoms with Crippen LogP contribution in [0.5, 0.6) is 0 Å². The first-order valence-electron chi connectivity index (χ1n) is 7.83. The average molecular weight is 398 g/mol. The molecule has 0 aliphatic heterocycles. The lowest BCUT2D eigenvalue weighted by atomic mass is 10.0. The van der Waals surface area contributed by atoms with Crippen molar-refractivity contribution in [1.82, 2.24) is 9.78 Å². The summed E-state index contributed by atoms with van der Waals surface area (Å²) in [6.07, 6.45) is 1.58. The zero-order chi connectivity index (χ0) is 17.8. The van der Waals surface area contributed by atoms with Crippen molar-refractivity contribution in [2.24, 2.45) is 0 Å². The molecule has 0 saturated heterocycles. The number of carbonyl (C=O) groups excluding carboxylic acids is 2. The van der Waals surface area contributed by atoms with Crippen LogP contribution < -0.4 is 5.32 Å². The van der Waals surface area contributed by atoms with Crippen molar-refractivity contribution in [3.8, 4) is 0 Å². The van der Waals surface area contributed by atoms with Crippen molar-refractivity contribution in [2.75, 3.05) is 5.32 Å². The number of nitrogens with one attached hydrogen (secondary N) is 1. The van der Waals surface area contributed by atoms with Crippen molar-refractivity contribution in [1.29, 1.82) is 0 Å². The maximum absolute atomic E-state index is 12.7. The van der Waals surface area contributed by atoms with Crippen molar-refractivity contribution < 1.29 is 9.59 Å². The van der Waals surface area contributed by atoms with E-state index in [-0.39, 0.29) is 11.7 Å². The number of hydrogen-bond donors (Lipinski definition) is 1. The van der Waals surface area contributed by atoms with Crippen LogP contribution in [0.1, 0.15) is 33.3 Å². The predicted molar refractivity (Wildman–Crippen MR) is 99.9 cm³/mol. The van der Waals surface area contributed by atoms with E-state index in [0.717, 1.165) is 0 Å². The van der Waals surface area contributed by atoms with Gasteiger partial charge in [0.1, 0.15) is 5.69 Å². The average Bonchev–Trinajstić information content (AvgIpc) is 3.03. The van der Waals surface area contributed by atoms with E-state index in [1.807, 2.05) is 25.1 Å². The molecule has 25 heavy (non-hydrogen) atoms. The summed E-state index contributed by atoms with van der Waals surface area (Å²) >= 11 is 3.34. The number of anilines is 1. The van der Waals surface area contributed by atoms with E-state index in [4.69, 9.17) is 0 Å². The number of aryl methyl sites for hydroxylation is 1. The highest BCUT2D eigenvalue weighted by molar-refractivity contribution is 9.10. The van der Waals surface area contributed by atoms with Crippen LogP contribution in [-0.4, -0.2) is 21.5 Å². The van der Waals surface area contributed by atoms with Crippen LogP contribution in [0.4, 0.5) is 5.69 Å². The van der Waals surface area contributed by atoms with E-state index in [0.29, 0.717) is 33.5 Å². The van der Waals surface area contributed by atoms with Crippen LogP contribution in [0.15, 0.2) is 65.3 Å². The lowest BCUT2D eigenvalue weighted by Gasteiger charge is -2.11. The van der Waals surface area contributed by atoms with Gasteiger partial charge in [0.15, 0.2) is 5.78 Å². The number of aromatic nitrogens is 2. The van der Waals surface area contributed by atoms with Crippen molar-refractivity contribution in [2.45, 2.75) is 13.5 Å². The van der Waals surface area contributed by atoms with Crippen LogP contribution in [0.2, 0.25) is 0 Å². The molecule has 0 aliphatic carbocycles. The normalized spacial score (nSPS) is 10.5. The highest BCUT2D eigenvalue weighted by Gasteiger charge is 2.19. The molecule has 1 heterocycles. The highest BCUT2D eigenvalue weighted by Crippen LogP contribution is 2.22. The molecule has 126 valence electrons. The van der Waals surface area contributed by atoms with Gasteiger partial charge < -0.3 is 5.32 Å². The minimum absolute atomic E-state index is 0.139. The zero-order valence-electron chi connectivity index (χ0n) is 13.6. The molecule has 0 bridgehead atoms. The van der Waals surface area contributed by atoms with E-state index in [9.17, 15) is 9.59 Å². The third-order valence-electron chi connectivity index (χ3n) is 3.77. The van der Waals surface area contributed by atoms with Gasteiger partial charge in [-0.15, -0.1) is 0 Å². The van der Waals surface area contributed by atoms with Crippen LogP contribution in [0.3, 0.4) is 0 Å². The second-order valence-electron chi connectivity index (χ2n) is 5.35. The lowest BCUT2D eigenvalue weighted by molar-refractivity contribution is 0.101. The van der Waals surface area contributed by atoms with Gasteiger partial charge in [-0.1, -0.05) is 42.5 Å². The predicted octanol–water partition coefficient (Wildman–Crippen LogP) is 4.15. The second kappa shape index (κ2) is 7.44. The highest BCUT2D eigenvalue weighted by atomic mass is 79.9. The molecule has 6 heteroatoms. The lowest BCUT2D eigenvalue weighted by Crippen LogP contribution is -2.19. The van der Waals surface area contributed by atoms with E-state index >= 15 is 0 Å². The molecule has 2 aromatic carbocycles. The Morgan fingerprint density at radius 3 is 2.48 bits per heavy atom. The van der Waals surface area contributed by atoms with Gasteiger partial charge in [0.05, 0.1) is 16.4 Å². The largest absolute Gasteiger partial charge is 0.320 e. The molecule has 5 nitrogen and oxygen atoms in total. The Kier molecular flexibility index (Phi) is 5.09. The first-order valence-corrected chi connectivity index (χ1v) is 8.62. The number of hydrogen-bond acceptors (Lipinski definition) is 3. The molecule has 1 amide bonds. The van der Waals surface area contributed by atoms with Gasteiger partial charge in [0.2, 0.25) is 0 Å². The zero-order valence-corrected chi connectivity index (χ0v) is 15.2. The molecule has 0 fully saturated rings. The van der Waals surface area contributed by atoms with E-state index in [1.165, 1.54) is 0 Å². The number of carbonyl (C=O) groups is 2. The number of halogens is 1. The first kappa shape index (κ1) is 17.1. The molecular formula is C19H16BrN3O2. The summed E-state index contributed by atoms with van der Waals surface area (Å²) in [7, 11) is 0. The Bertz CT molecular complexity index is 919. The SMILES string of the molecule is CCn1ncc(Br)c1C(=O)Nc1ccccc1C(=O)c1ccccc1. The summed E-state index contributed by atoms with van der Waals surface area (Å²) in [5.74, 6) is -0.459. The molecule has 1 N–H and O–H groups in total. The van der Waals surface area contributed by atoms with Crippen LogP contribution in [-0.2, 0) is 6.54 Å². The van der Waals surface area contributed by atoms with E-state index in [2.05, 4.69) is 26.3 Å². The topological polar surface area (TPSA) is 64.0 Å².